The SMILES string of the molecule is N#Cc1ccc(S(=O)(=O)N2CCNC(=O)CC2C(F)(F)F)cn1. The van der Waals surface area contributed by atoms with Gasteiger partial charge >= 0.3 is 6.18 Å². The number of halogens is 3. The third-order valence-electron chi connectivity index (χ3n) is 3.22. The lowest BCUT2D eigenvalue weighted by Gasteiger charge is -2.29. The van der Waals surface area contributed by atoms with E-state index in [1.807, 2.05) is 0 Å². The molecule has 124 valence electrons. The van der Waals surface area contributed by atoms with Crippen LogP contribution in [0.4, 0.5) is 13.2 Å². The third-order valence-corrected chi connectivity index (χ3v) is 5.11. The number of pyridine rings is 1. The molecule has 1 atom stereocenters. The van der Waals surface area contributed by atoms with E-state index in [-0.39, 0.29) is 16.5 Å². The molecule has 0 aliphatic carbocycles. The summed E-state index contributed by atoms with van der Waals surface area (Å²) in [5, 5.41) is 10.8. The Labute approximate surface area is 129 Å². The van der Waals surface area contributed by atoms with Crippen molar-refractivity contribution in [2.24, 2.45) is 0 Å². The highest BCUT2D eigenvalue weighted by atomic mass is 32.2. The minimum atomic E-state index is -4.89. The van der Waals surface area contributed by atoms with Gasteiger partial charge < -0.3 is 5.32 Å². The van der Waals surface area contributed by atoms with E-state index < -0.39 is 46.0 Å². The average Bonchev–Trinajstić information content (AvgIpc) is 2.69. The minimum Gasteiger partial charge on any atom is -0.355 e. The predicted octanol–water partition coefficient (Wildman–Crippen LogP) is 0.395. The van der Waals surface area contributed by atoms with Crippen molar-refractivity contribution in [1.82, 2.24) is 14.6 Å². The zero-order valence-corrected chi connectivity index (χ0v) is 12.4. The van der Waals surface area contributed by atoms with Gasteiger partial charge in [0.1, 0.15) is 22.7 Å². The molecule has 2 heterocycles. The molecule has 1 N–H and O–H groups in total. The monoisotopic (exact) mass is 348 g/mol. The maximum absolute atomic E-state index is 13.2. The first-order valence-electron chi connectivity index (χ1n) is 6.37. The van der Waals surface area contributed by atoms with Gasteiger partial charge in [-0.1, -0.05) is 0 Å². The van der Waals surface area contributed by atoms with Gasteiger partial charge in [0.05, 0.1) is 6.42 Å². The molecule has 0 saturated carbocycles. The van der Waals surface area contributed by atoms with Gasteiger partial charge in [-0.15, -0.1) is 0 Å². The second kappa shape index (κ2) is 6.13. The Bertz CT molecular complexity index is 740. The highest BCUT2D eigenvalue weighted by Gasteiger charge is 2.50. The summed E-state index contributed by atoms with van der Waals surface area (Å²) in [5.74, 6) is -0.872. The van der Waals surface area contributed by atoms with Crippen molar-refractivity contribution in [3.8, 4) is 6.07 Å². The number of rotatable bonds is 2. The number of carbonyl (C=O) groups excluding carboxylic acids is 1. The molecule has 0 spiro atoms. The molecule has 0 bridgehead atoms. The van der Waals surface area contributed by atoms with Crippen molar-refractivity contribution >= 4 is 15.9 Å². The largest absolute Gasteiger partial charge is 0.405 e. The van der Waals surface area contributed by atoms with Crippen molar-refractivity contribution < 1.29 is 26.4 Å². The van der Waals surface area contributed by atoms with E-state index in [9.17, 15) is 26.4 Å². The summed E-state index contributed by atoms with van der Waals surface area (Å²) < 4.78 is 64.7. The molecule has 11 heteroatoms. The molecule has 23 heavy (non-hydrogen) atoms. The van der Waals surface area contributed by atoms with Gasteiger partial charge in [0.2, 0.25) is 15.9 Å². The van der Waals surface area contributed by atoms with E-state index in [2.05, 4.69) is 10.3 Å². The Morgan fingerprint density at radius 3 is 2.61 bits per heavy atom. The Morgan fingerprint density at radius 2 is 2.09 bits per heavy atom. The first kappa shape index (κ1) is 17.2. The van der Waals surface area contributed by atoms with Crippen LogP contribution in [0.15, 0.2) is 23.2 Å². The second-order valence-corrected chi connectivity index (χ2v) is 6.61. The van der Waals surface area contributed by atoms with E-state index in [4.69, 9.17) is 5.26 Å². The molecule has 1 amide bonds. The fraction of sp³-hybridized carbons (Fsp3) is 0.417. The fourth-order valence-electron chi connectivity index (χ4n) is 2.11. The predicted molar refractivity (Wildman–Crippen MR) is 70.3 cm³/mol. The number of amides is 1. The summed E-state index contributed by atoms with van der Waals surface area (Å²) in [6.07, 6.45) is -5.08. The number of hydrogen-bond acceptors (Lipinski definition) is 5. The number of nitrogens with zero attached hydrogens (tertiary/aromatic N) is 3. The summed E-state index contributed by atoms with van der Waals surface area (Å²) in [6.45, 7) is -0.743. The molecule has 0 radical (unpaired) electrons. The van der Waals surface area contributed by atoms with Crippen molar-refractivity contribution in [2.45, 2.75) is 23.5 Å². The third kappa shape index (κ3) is 3.59. The topological polar surface area (TPSA) is 103 Å². The fourth-order valence-corrected chi connectivity index (χ4v) is 3.67. The second-order valence-electron chi connectivity index (χ2n) is 4.72. The van der Waals surface area contributed by atoms with Gasteiger partial charge in [0, 0.05) is 19.3 Å². The molecule has 1 unspecified atom stereocenters. The van der Waals surface area contributed by atoms with Gasteiger partial charge in [0.25, 0.3) is 0 Å². The van der Waals surface area contributed by atoms with E-state index >= 15 is 0 Å². The van der Waals surface area contributed by atoms with Crippen molar-refractivity contribution in [3.63, 3.8) is 0 Å². The van der Waals surface area contributed by atoms with Crippen LogP contribution in [0.3, 0.4) is 0 Å². The lowest BCUT2D eigenvalue weighted by atomic mass is 10.2. The molecule has 1 aliphatic heterocycles. The smallest absolute Gasteiger partial charge is 0.355 e. The first-order valence-corrected chi connectivity index (χ1v) is 7.81. The first-order chi connectivity index (χ1) is 10.7. The Kier molecular flexibility index (Phi) is 4.58. The van der Waals surface area contributed by atoms with Crippen LogP contribution in [-0.4, -0.2) is 48.9 Å². The summed E-state index contributed by atoms with van der Waals surface area (Å²) in [6, 6.07) is 1.33. The normalized spacial score (nSPS) is 20.4. The molecule has 1 aliphatic rings. The molecule has 1 aromatic heterocycles. The van der Waals surface area contributed by atoms with Crippen molar-refractivity contribution in [1.29, 1.82) is 5.26 Å². The van der Waals surface area contributed by atoms with Crippen LogP contribution in [0.5, 0.6) is 0 Å². The van der Waals surface area contributed by atoms with E-state index in [0.29, 0.717) is 0 Å². The average molecular weight is 348 g/mol. The van der Waals surface area contributed by atoms with E-state index in [1.165, 1.54) is 0 Å². The highest BCUT2D eigenvalue weighted by Crippen LogP contribution is 2.32. The lowest BCUT2D eigenvalue weighted by molar-refractivity contribution is -0.173. The van der Waals surface area contributed by atoms with Gasteiger partial charge in [-0.2, -0.15) is 22.7 Å². The highest BCUT2D eigenvalue weighted by molar-refractivity contribution is 7.89. The van der Waals surface area contributed by atoms with Gasteiger partial charge in [0.15, 0.2) is 0 Å². The molecule has 0 aromatic carbocycles. The number of hydrogen-bond donors (Lipinski definition) is 1. The van der Waals surface area contributed by atoms with Crippen LogP contribution in [-0.2, 0) is 14.8 Å². The molecular formula is C12H11F3N4O3S. The number of nitrogens with one attached hydrogen (secondary N) is 1. The van der Waals surface area contributed by atoms with Crippen LogP contribution in [0.2, 0.25) is 0 Å². The van der Waals surface area contributed by atoms with Gasteiger partial charge in [-0.25, -0.2) is 13.4 Å². The Balaban J connectivity index is 2.45. The van der Waals surface area contributed by atoms with Crippen LogP contribution in [0, 0.1) is 11.3 Å². The summed E-state index contributed by atoms with van der Waals surface area (Å²) in [5.41, 5.74) is -0.0657. The number of aromatic nitrogens is 1. The molecular weight excluding hydrogens is 337 g/mol. The van der Waals surface area contributed by atoms with Crippen molar-refractivity contribution in [2.75, 3.05) is 13.1 Å². The van der Waals surface area contributed by atoms with Gasteiger partial charge in [-0.3, -0.25) is 4.79 Å². The Hall–Kier alpha value is -2.19. The molecule has 2 rings (SSSR count). The van der Waals surface area contributed by atoms with E-state index in [0.717, 1.165) is 18.3 Å². The standard InChI is InChI=1S/C12H11F3N4O3S/c13-12(14,15)10-5-11(20)17-3-4-19(10)23(21,22)9-2-1-8(6-16)18-7-9/h1-2,7,10H,3-5H2,(H,17,20). The van der Waals surface area contributed by atoms with Gasteiger partial charge in [-0.05, 0) is 12.1 Å². The molecule has 1 saturated heterocycles. The molecule has 1 fully saturated rings. The maximum Gasteiger partial charge on any atom is 0.405 e. The van der Waals surface area contributed by atoms with Crippen LogP contribution < -0.4 is 5.32 Å². The minimum absolute atomic E-state index is 0.0657. The lowest BCUT2D eigenvalue weighted by Crippen LogP contribution is -2.49. The quantitative estimate of drug-likeness (QED) is 0.833. The number of carbonyl (C=O) groups is 1. The number of alkyl halides is 3. The zero-order valence-electron chi connectivity index (χ0n) is 11.5. The number of sulfonamides is 1. The maximum atomic E-state index is 13.2. The molecule has 7 nitrogen and oxygen atoms in total. The number of nitriles is 1. The summed E-state index contributed by atoms with van der Waals surface area (Å²) >= 11 is 0. The molecule has 1 aromatic rings. The zero-order chi connectivity index (χ0) is 17.3. The van der Waals surface area contributed by atoms with Crippen molar-refractivity contribution in [3.05, 3.63) is 24.0 Å². The van der Waals surface area contributed by atoms with Crippen LogP contribution in [0.1, 0.15) is 12.1 Å². The van der Waals surface area contributed by atoms with Crippen LogP contribution >= 0.6 is 0 Å². The van der Waals surface area contributed by atoms with Crippen LogP contribution in [0.25, 0.3) is 0 Å². The van der Waals surface area contributed by atoms with E-state index in [1.54, 1.807) is 6.07 Å². The summed E-state index contributed by atoms with van der Waals surface area (Å²) in [7, 11) is -4.52. The Morgan fingerprint density at radius 1 is 1.39 bits per heavy atom. The summed E-state index contributed by atoms with van der Waals surface area (Å²) in [4.78, 5) is 14.4.